The lowest BCUT2D eigenvalue weighted by atomic mass is 10.0. The lowest BCUT2D eigenvalue weighted by molar-refractivity contribution is -0.147. The van der Waals surface area contributed by atoms with Crippen LogP contribution >= 0.6 is 0 Å². The van der Waals surface area contributed by atoms with Crippen molar-refractivity contribution in [3.63, 3.8) is 0 Å². The van der Waals surface area contributed by atoms with E-state index in [1.807, 2.05) is 0 Å². The first-order chi connectivity index (χ1) is 36.1. The maximum Gasteiger partial charge on any atom is 0.449 e. The van der Waals surface area contributed by atoms with E-state index in [-0.39, 0.29) is 80.7 Å². The van der Waals surface area contributed by atoms with Crippen LogP contribution in [0.25, 0.3) is 33.0 Å². The standard InChI is InChI=1S/C27H24F3N3O4S.C27H22F3N3O4S/c2*1-2-38(35,36)20-9-6-17(7-10-20)15-31-25(34)18-8-11-23-22(14-18)32-26(27(28,29)30)33(23)16-19-4-3-5-24-21(19)12-13-37-24/h3-11,14H,2,12-13,15-16H2,1H3,(H,31,34);3-14H,2,15-16H2,1H3,(H,31,34). The minimum Gasteiger partial charge on any atom is -0.493 e. The van der Waals surface area contributed by atoms with Crippen LogP contribution in [0.5, 0.6) is 5.75 Å². The lowest BCUT2D eigenvalue weighted by Gasteiger charge is -2.13. The average Bonchev–Trinajstić information content (AvgIpc) is 4.26. The molecule has 0 unspecified atom stereocenters. The molecule has 0 atom stereocenters. The Morgan fingerprint density at radius 3 is 1.57 bits per heavy atom. The number of hydrogen-bond acceptors (Lipinski definition) is 10. The predicted octanol–water partition coefficient (Wildman–Crippen LogP) is 10.3. The highest BCUT2D eigenvalue weighted by Gasteiger charge is 2.39. The molecule has 394 valence electrons. The zero-order valence-electron chi connectivity index (χ0n) is 40.5. The molecule has 2 amide bonds. The fourth-order valence-electron chi connectivity index (χ4n) is 8.80. The number of fused-ring (bicyclic) bond motifs is 4. The van der Waals surface area contributed by atoms with Crippen molar-refractivity contribution in [2.45, 2.75) is 68.6 Å². The van der Waals surface area contributed by atoms with Gasteiger partial charge in [-0.1, -0.05) is 62.4 Å². The van der Waals surface area contributed by atoms with Crippen LogP contribution < -0.4 is 15.4 Å². The molecule has 1 aliphatic rings. The molecule has 0 radical (unpaired) electrons. The van der Waals surface area contributed by atoms with Crippen LogP contribution in [0.1, 0.15) is 74.0 Å². The average molecular weight is 1090 g/mol. The Kier molecular flexibility index (Phi) is 14.6. The molecule has 10 rings (SSSR count). The Bertz CT molecular complexity index is 3890. The van der Waals surface area contributed by atoms with E-state index < -0.39 is 55.5 Å². The van der Waals surface area contributed by atoms with Crippen LogP contribution in [0.15, 0.2) is 148 Å². The number of nitrogens with zero attached hydrogens (tertiary/aromatic N) is 4. The highest BCUT2D eigenvalue weighted by Crippen LogP contribution is 2.36. The number of carbonyl (C=O) groups is 2. The number of ether oxygens (including phenoxy) is 1. The predicted molar refractivity (Wildman–Crippen MR) is 270 cm³/mol. The Morgan fingerprint density at radius 2 is 1.08 bits per heavy atom. The fourth-order valence-corrected chi connectivity index (χ4v) is 10.6. The number of aromatic nitrogens is 4. The number of benzene rings is 6. The van der Waals surface area contributed by atoms with Gasteiger partial charge in [-0.15, -0.1) is 0 Å². The van der Waals surface area contributed by atoms with Gasteiger partial charge in [-0.25, -0.2) is 26.8 Å². The van der Waals surface area contributed by atoms with Crippen molar-refractivity contribution in [1.82, 2.24) is 29.7 Å². The fraction of sp³-hybridized carbons (Fsp3) is 0.222. The van der Waals surface area contributed by atoms with Gasteiger partial charge < -0.3 is 28.9 Å². The van der Waals surface area contributed by atoms with Gasteiger partial charge in [0.2, 0.25) is 11.6 Å². The van der Waals surface area contributed by atoms with E-state index in [9.17, 15) is 52.8 Å². The third kappa shape index (κ3) is 11.2. The zero-order valence-corrected chi connectivity index (χ0v) is 42.1. The van der Waals surface area contributed by atoms with Crippen molar-refractivity contribution < 1.29 is 61.9 Å². The molecule has 22 heteroatoms. The molecule has 76 heavy (non-hydrogen) atoms. The Morgan fingerprint density at radius 1 is 0.605 bits per heavy atom. The van der Waals surface area contributed by atoms with Gasteiger partial charge in [0, 0.05) is 41.6 Å². The summed E-state index contributed by atoms with van der Waals surface area (Å²) in [6, 6.07) is 33.0. The second-order valence-corrected chi connectivity index (χ2v) is 22.2. The lowest BCUT2D eigenvalue weighted by Crippen LogP contribution is -2.22. The first-order valence-electron chi connectivity index (χ1n) is 23.7. The number of amides is 2. The second kappa shape index (κ2) is 21.0. The summed E-state index contributed by atoms with van der Waals surface area (Å²) in [6.07, 6.45) is -7.28. The molecular formula is C54H46F6N6O8S2. The van der Waals surface area contributed by atoms with E-state index in [2.05, 4.69) is 20.6 Å². The molecule has 2 N–H and O–H groups in total. The zero-order chi connectivity index (χ0) is 54.2. The van der Waals surface area contributed by atoms with Gasteiger partial charge in [-0.05, 0) is 101 Å². The van der Waals surface area contributed by atoms with Crippen molar-refractivity contribution in [2.24, 2.45) is 0 Å². The first kappa shape index (κ1) is 52.9. The van der Waals surface area contributed by atoms with Gasteiger partial charge in [0.05, 0.1) is 69.3 Å². The van der Waals surface area contributed by atoms with Crippen LogP contribution in [0.4, 0.5) is 26.3 Å². The van der Waals surface area contributed by atoms with E-state index in [1.54, 1.807) is 80.6 Å². The molecule has 9 aromatic rings. The Hall–Kier alpha value is -7.98. The molecule has 4 heterocycles. The van der Waals surface area contributed by atoms with Gasteiger partial charge in [-0.2, -0.15) is 26.3 Å². The smallest absolute Gasteiger partial charge is 0.449 e. The minimum atomic E-state index is -4.71. The first-order valence-corrected chi connectivity index (χ1v) is 27.0. The van der Waals surface area contributed by atoms with Crippen molar-refractivity contribution in [3.05, 3.63) is 184 Å². The molecule has 0 saturated heterocycles. The van der Waals surface area contributed by atoms with Crippen LogP contribution in [-0.4, -0.2) is 65.9 Å². The summed E-state index contributed by atoms with van der Waals surface area (Å²) in [6.45, 7) is 3.71. The highest BCUT2D eigenvalue weighted by atomic mass is 32.2. The van der Waals surface area contributed by atoms with Crippen molar-refractivity contribution >= 4 is 64.5 Å². The second-order valence-electron chi connectivity index (χ2n) is 17.6. The van der Waals surface area contributed by atoms with E-state index in [0.29, 0.717) is 46.4 Å². The number of sulfone groups is 2. The summed E-state index contributed by atoms with van der Waals surface area (Å²) >= 11 is 0. The summed E-state index contributed by atoms with van der Waals surface area (Å²) in [5.74, 6) is -2.44. The van der Waals surface area contributed by atoms with E-state index in [1.165, 1.54) is 66.9 Å². The number of furan rings is 1. The molecular weight excluding hydrogens is 1040 g/mol. The van der Waals surface area contributed by atoms with E-state index in [4.69, 9.17) is 9.15 Å². The molecule has 1 aliphatic heterocycles. The molecule has 0 saturated carbocycles. The molecule has 6 aromatic carbocycles. The van der Waals surface area contributed by atoms with Crippen molar-refractivity contribution in [3.8, 4) is 5.75 Å². The topological polar surface area (TPSA) is 184 Å². The third-order valence-electron chi connectivity index (χ3n) is 12.8. The monoisotopic (exact) mass is 1080 g/mol. The van der Waals surface area contributed by atoms with Gasteiger partial charge in [0.1, 0.15) is 11.3 Å². The quantitative estimate of drug-likeness (QED) is 0.0994. The van der Waals surface area contributed by atoms with Crippen LogP contribution in [0.2, 0.25) is 0 Å². The maximum absolute atomic E-state index is 13.9. The van der Waals surface area contributed by atoms with Gasteiger partial charge in [-0.3, -0.25) is 9.59 Å². The molecule has 14 nitrogen and oxygen atoms in total. The van der Waals surface area contributed by atoms with E-state index in [0.717, 1.165) is 20.3 Å². The largest absolute Gasteiger partial charge is 0.493 e. The SMILES string of the molecule is CCS(=O)(=O)c1ccc(CNC(=O)c2ccc3c(c2)nc(C(F)(F)F)n3Cc2cccc3c2CCO3)cc1.CCS(=O)(=O)c1ccc(CNC(=O)c2ccc3c(c2)nc(C(F)(F)F)n3Cc2cccc3occc23)cc1. The Labute approximate surface area is 431 Å². The van der Waals surface area contributed by atoms with Gasteiger partial charge >= 0.3 is 12.4 Å². The number of rotatable bonds is 14. The normalized spacial score (nSPS) is 12.8. The summed E-state index contributed by atoms with van der Waals surface area (Å²) in [5, 5.41) is 6.13. The van der Waals surface area contributed by atoms with Gasteiger partial charge in [0.25, 0.3) is 11.8 Å². The number of alkyl halides is 6. The highest BCUT2D eigenvalue weighted by molar-refractivity contribution is 7.91. The summed E-state index contributed by atoms with van der Waals surface area (Å²) < 4.78 is 144. The van der Waals surface area contributed by atoms with Crippen LogP contribution in [0.3, 0.4) is 0 Å². The van der Waals surface area contributed by atoms with Crippen molar-refractivity contribution in [1.29, 1.82) is 0 Å². The van der Waals surface area contributed by atoms with Crippen LogP contribution in [0, 0.1) is 0 Å². The molecule has 0 spiro atoms. The maximum atomic E-state index is 13.9. The molecule has 0 aliphatic carbocycles. The molecule has 0 fully saturated rings. The Balaban J connectivity index is 0.000000186. The summed E-state index contributed by atoms with van der Waals surface area (Å²) in [5.41, 5.74) is 5.09. The van der Waals surface area contributed by atoms with Crippen LogP contribution in [-0.2, 0) is 64.6 Å². The van der Waals surface area contributed by atoms with E-state index >= 15 is 0 Å². The minimum absolute atomic E-state index is 0.0145. The number of halogens is 6. The molecule has 3 aromatic heterocycles. The summed E-state index contributed by atoms with van der Waals surface area (Å²) in [7, 11) is -6.66. The van der Waals surface area contributed by atoms with Crippen molar-refractivity contribution in [2.75, 3.05) is 18.1 Å². The number of carbonyl (C=O) groups excluding carboxylic acids is 2. The number of nitrogens with one attached hydrogen (secondary N) is 2. The number of imidazole rings is 2. The third-order valence-corrected chi connectivity index (χ3v) is 16.3. The summed E-state index contributed by atoms with van der Waals surface area (Å²) in [4.78, 5) is 33.6. The number of hydrogen-bond donors (Lipinski definition) is 2. The van der Waals surface area contributed by atoms with Gasteiger partial charge in [0.15, 0.2) is 19.7 Å². The molecule has 0 bridgehead atoms.